The standard InChI is InChI=1S/C25H31N5/c1-28-14-5-8-22-18-21(9-11-23(22)28)19-29-15-13-25-27-26-24(30(25)17-16-29)12-10-20-6-3-2-4-7-20/h2-4,6-7,9,11,18H,5,8,10,12-17,19H2,1H3. The van der Waals surface area contributed by atoms with Crippen molar-refractivity contribution in [1.82, 2.24) is 19.7 Å². The fourth-order valence-corrected chi connectivity index (χ4v) is 4.87. The Labute approximate surface area is 179 Å². The predicted octanol–water partition coefficient (Wildman–Crippen LogP) is 3.50. The lowest BCUT2D eigenvalue weighted by molar-refractivity contribution is 0.270. The zero-order valence-corrected chi connectivity index (χ0v) is 17.9. The summed E-state index contributed by atoms with van der Waals surface area (Å²) in [6.45, 7) is 5.29. The first kappa shape index (κ1) is 19.3. The summed E-state index contributed by atoms with van der Waals surface area (Å²) in [5.74, 6) is 2.28. The van der Waals surface area contributed by atoms with E-state index in [1.165, 1.54) is 41.8 Å². The Kier molecular flexibility index (Phi) is 5.54. The number of rotatable bonds is 5. The van der Waals surface area contributed by atoms with E-state index in [1.54, 1.807) is 0 Å². The minimum absolute atomic E-state index is 0.954. The molecule has 0 bridgehead atoms. The van der Waals surface area contributed by atoms with E-state index in [-0.39, 0.29) is 0 Å². The first-order valence-corrected chi connectivity index (χ1v) is 11.3. The van der Waals surface area contributed by atoms with Crippen molar-refractivity contribution in [3.63, 3.8) is 0 Å². The maximum atomic E-state index is 4.52. The Morgan fingerprint density at radius 2 is 1.73 bits per heavy atom. The molecule has 156 valence electrons. The fraction of sp³-hybridized carbons (Fsp3) is 0.440. The van der Waals surface area contributed by atoms with Crippen molar-refractivity contribution in [2.24, 2.45) is 0 Å². The molecule has 0 amide bonds. The third-order valence-electron chi connectivity index (χ3n) is 6.58. The number of benzene rings is 2. The second-order valence-electron chi connectivity index (χ2n) is 8.68. The van der Waals surface area contributed by atoms with Crippen molar-refractivity contribution >= 4 is 5.69 Å². The number of aryl methyl sites for hydroxylation is 3. The Morgan fingerprint density at radius 1 is 0.833 bits per heavy atom. The molecule has 0 saturated heterocycles. The van der Waals surface area contributed by atoms with Crippen molar-refractivity contribution in [1.29, 1.82) is 0 Å². The molecule has 0 saturated carbocycles. The van der Waals surface area contributed by atoms with Gasteiger partial charge in [0.1, 0.15) is 11.6 Å². The van der Waals surface area contributed by atoms with Crippen molar-refractivity contribution in [2.75, 3.05) is 31.6 Å². The van der Waals surface area contributed by atoms with E-state index in [4.69, 9.17) is 0 Å². The molecule has 0 radical (unpaired) electrons. The molecule has 0 spiro atoms. The van der Waals surface area contributed by atoms with Gasteiger partial charge in [0, 0.05) is 58.3 Å². The fourth-order valence-electron chi connectivity index (χ4n) is 4.87. The van der Waals surface area contributed by atoms with Crippen molar-refractivity contribution < 1.29 is 0 Å². The van der Waals surface area contributed by atoms with E-state index in [0.717, 1.165) is 57.1 Å². The summed E-state index contributed by atoms with van der Waals surface area (Å²) >= 11 is 0. The number of anilines is 1. The van der Waals surface area contributed by atoms with Gasteiger partial charge < -0.3 is 9.47 Å². The van der Waals surface area contributed by atoms with Gasteiger partial charge in [-0.2, -0.15) is 0 Å². The summed E-state index contributed by atoms with van der Waals surface area (Å²) < 4.78 is 2.37. The van der Waals surface area contributed by atoms with E-state index in [9.17, 15) is 0 Å². The van der Waals surface area contributed by atoms with Gasteiger partial charge in [0.05, 0.1) is 0 Å². The summed E-state index contributed by atoms with van der Waals surface area (Å²) in [6.07, 6.45) is 5.42. The number of fused-ring (bicyclic) bond motifs is 2. The van der Waals surface area contributed by atoms with Gasteiger partial charge in [-0.25, -0.2) is 0 Å². The van der Waals surface area contributed by atoms with Gasteiger partial charge >= 0.3 is 0 Å². The molecule has 30 heavy (non-hydrogen) atoms. The largest absolute Gasteiger partial charge is 0.374 e. The first-order valence-electron chi connectivity index (χ1n) is 11.3. The summed E-state index contributed by atoms with van der Waals surface area (Å²) in [6, 6.07) is 17.7. The molecule has 1 aromatic heterocycles. The van der Waals surface area contributed by atoms with Crippen LogP contribution in [0.3, 0.4) is 0 Å². The highest BCUT2D eigenvalue weighted by molar-refractivity contribution is 5.56. The highest BCUT2D eigenvalue weighted by atomic mass is 15.3. The van der Waals surface area contributed by atoms with Crippen LogP contribution in [-0.2, 0) is 38.8 Å². The van der Waals surface area contributed by atoms with Gasteiger partial charge in [-0.15, -0.1) is 10.2 Å². The molecule has 0 N–H and O–H groups in total. The van der Waals surface area contributed by atoms with Crippen LogP contribution in [0.15, 0.2) is 48.5 Å². The molecule has 2 aliphatic heterocycles. The van der Waals surface area contributed by atoms with Crippen LogP contribution < -0.4 is 4.90 Å². The molecule has 0 aliphatic carbocycles. The average molecular weight is 402 g/mol. The van der Waals surface area contributed by atoms with Crippen molar-refractivity contribution in [2.45, 2.75) is 45.2 Å². The van der Waals surface area contributed by atoms with Gasteiger partial charge in [0.25, 0.3) is 0 Å². The number of nitrogens with zero attached hydrogens (tertiary/aromatic N) is 5. The van der Waals surface area contributed by atoms with Gasteiger partial charge in [0.2, 0.25) is 0 Å². The molecule has 0 atom stereocenters. The van der Waals surface area contributed by atoms with Gasteiger partial charge in [-0.05, 0) is 42.0 Å². The highest BCUT2D eigenvalue weighted by Crippen LogP contribution is 2.27. The normalized spacial score (nSPS) is 16.8. The lowest BCUT2D eigenvalue weighted by atomic mass is 9.99. The molecule has 0 fully saturated rings. The van der Waals surface area contributed by atoms with E-state index >= 15 is 0 Å². The predicted molar refractivity (Wildman–Crippen MR) is 121 cm³/mol. The summed E-state index contributed by atoms with van der Waals surface area (Å²) in [7, 11) is 2.21. The molecule has 5 rings (SSSR count). The molecule has 5 nitrogen and oxygen atoms in total. The molecule has 2 aromatic carbocycles. The van der Waals surface area contributed by atoms with Crippen molar-refractivity contribution in [3.05, 3.63) is 76.9 Å². The molecule has 2 aliphatic rings. The zero-order valence-electron chi connectivity index (χ0n) is 17.9. The number of hydrogen-bond acceptors (Lipinski definition) is 4. The molecule has 3 aromatic rings. The van der Waals surface area contributed by atoms with Crippen molar-refractivity contribution in [3.8, 4) is 0 Å². The number of aromatic nitrogens is 3. The van der Waals surface area contributed by atoms with E-state index < -0.39 is 0 Å². The molecule has 3 heterocycles. The van der Waals surface area contributed by atoms with Crippen LogP contribution in [0.5, 0.6) is 0 Å². The minimum Gasteiger partial charge on any atom is -0.374 e. The first-order chi connectivity index (χ1) is 14.8. The van der Waals surface area contributed by atoms with Crippen LogP contribution in [0, 0.1) is 0 Å². The Hall–Kier alpha value is -2.66. The van der Waals surface area contributed by atoms with E-state index in [1.807, 2.05) is 0 Å². The van der Waals surface area contributed by atoms with Crippen LogP contribution in [0.2, 0.25) is 0 Å². The van der Waals surface area contributed by atoms with Gasteiger partial charge in [-0.1, -0.05) is 42.5 Å². The second kappa shape index (κ2) is 8.60. The molecular weight excluding hydrogens is 370 g/mol. The van der Waals surface area contributed by atoms with Crippen LogP contribution >= 0.6 is 0 Å². The Bertz CT molecular complexity index is 994. The molecular formula is C25H31N5. The summed E-state index contributed by atoms with van der Waals surface area (Å²) in [5, 5.41) is 9.03. The van der Waals surface area contributed by atoms with Crippen LogP contribution in [-0.4, -0.2) is 46.3 Å². The maximum Gasteiger partial charge on any atom is 0.134 e. The summed E-state index contributed by atoms with van der Waals surface area (Å²) in [5.41, 5.74) is 5.72. The SMILES string of the molecule is CN1CCCc2cc(CN3CCc4nnc(CCc5ccccc5)n4CC3)ccc21. The van der Waals surface area contributed by atoms with E-state index in [2.05, 4.69) is 80.1 Å². The zero-order chi connectivity index (χ0) is 20.3. The average Bonchev–Trinajstić information content (AvgIpc) is 3.05. The third-order valence-corrected chi connectivity index (χ3v) is 6.58. The lowest BCUT2D eigenvalue weighted by Crippen LogP contribution is -2.27. The van der Waals surface area contributed by atoms with Gasteiger partial charge in [0.15, 0.2) is 0 Å². The lowest BCUT2D eigenvalue weighted by Gasteiger charge is -2.28. The Balaban J connectivity index is 1.22. The number of hydrogen-bond donors (Lipinski definition) is 0. The second-order valence-corrected chi connectivity index (χ2v) is 8.68. The Morgan fingerprint density at radius 3 is 2.63 bits per heavy atom. The molecule has 5 heteroatoms. The van der Waals surface area contributed by atoms with Crippen LogP contribution in [0.4, 0.5) is 5.69 Å². The smallest absolute Gasteiger partial charge is 0.134 e. The topological polar surface area (TPSA) is 37.2 Å². The molecule has 0 unspecified atom stereocenters. The van der Waals surface area contributed by atoms with Gasteiger partial charge in [-0.3, -0.25) is 4.90 Å². The summed E-state index contributed by atoms with van der Waals surface area (Å²) in [4.78, 5) is 4.96. The quantitative estimate of drug-likeness (QED) is 0.656. The maximum absolute atomic E-state index is 4.52. The third kappa shape index (κ3) is 4.12. The van der Waals surface area contributed by atoms with Crippen LogP contribution in [0.25, 0.3) is 0 Å². The minimum atomic E-state index is 0.954. The monoisotopic (exact) mass is 401 g/mol. The highest BCUT2D eigenvalue weighted by Gasteiger charge is 2.20. The van der Waals surface area contributed by atoms with E-state index in [0.29, 0.717) is 0 Å². The van der Waals surface area contributed by atoms with Crippen LogP contribution in [0.1, 0.15) is 34.8 Å².